The van der Waals surface area contributed by atoms with Crippen LogP contribution in [0.1, 0.15) is 68.1 Å². The van der Waals surface area contributed by atoms with Gasteiger partial charge in [0.2, 0.25) is 0 Å². The maximum absolute atomic E-state index is 7.70. The minimum absolute atomic E-state index is 0.0698. The summed E-state index contributed by atoms with van der Waals surface area (Å²) in [5.74, 6) is 0.361. The van der Waals surface area contributed by atoms with Gasteiger partial charge in [-0.05, 0) is 71.0 Å². The van der Waals surface area contributed by atoms with Crippen LogP contribution in [0.3, 0.4) is 0 Å². The lowest BCUT2D eigenvalue weighted by atomic mass is 10.0. The molecular formula is C50H50N12. The van der Waals surface area contributed by atoms with E-state index in [9.17, 15) is 0 Å². The maximum atomic E-state index is 7.70. The number of benzene rings is 6. The van der Waals surface area contributed by atoms with Gasteiger partial charge < -0.3 is 39.1 Å². The molecule has 1 aromatic heterocycles. The summed E-state index contributed by atoms with van der Waals surface area (Å²) in [6.07, 6.45) is 7.97. The molecule has 12 nitrogen and oxygen atoms in total. The Hall–Kier alpha value is -8.64. The average molecular weight is 819 g/mol. The molecule has 0 saturated carbocycles. The van der Waals surface area contributed by atoms with Gasteiger partial charge in [0, 0.05) is 50.1 Å². The van der Waals surface area contributed by atoms with E-state index in [2.05, 4.69) is 11.1 Å². The van der Waals surface area contributed by atoms with E-state index in [0.717, 1.165) is 66.7 Å². The number of hydrogen-bond acceptors (Lipinski definition) is 6. The van der Waals surface area contributed by atoms with Gasteiger partial charge in [0.25, 0.3) is 0 Å². The van der Waals surface area contributed by atoms with Gasteiger partial charge in [-0.15, -0.1) is 0 Å². The van der Waals surface area contributed by atoms with Crippen molar-refractivity contribution in [1.29, 1.82) is 32.5 Å². The molecule has 0 aliphatic heterocycles. The van der Waals surface area contributed by atoms with Gasteiger partial charge in [0.15, 0.2) is 0 Å². The highest BCUT2D eigenvalue weighted by atomic mass is 14.7. The zero-order chi connectivity index (χ0) is 44.9. The third-order valence-corrected chi connectivity index (χ3v) is 9.73. The van der Waals surface area contributed by atoms with Crippen LogP contribution in [0.15, 0.2) is 140 Å². The van der Waals surface area contributed by atoms with Gasteiger partial charge in [-0.3, -0.25) is 27.0 Å². The van der Waals surface area contributed by atoms with Crippen molar-refractivity contribution in [2.45, 2.75) is 13.8 Å². The number of nitrogen functional groups attached to an aromatic ring is 5. The van der Waals surface area contributed by atoms with Gasteiger partial charge in [-0.1, -0.05) is 146 Å². The quantitative estimate of drug-likeness (QED) is 0.0345. The molecule has 0 fully saturated rings. The lowest BCUT2D eigenvalue weighted by molar-refractivity contribution is 1.38. The molecule has 0 atom stereocenters. The van der Waals surface area contributed by atoms with Crippen molar-refractivity contribution in [2.24, 2.45) is 28.7 Å². The molecule has 0 bridgehead atoms. The van der Waals surface area contributed by atoms with Crippen molar-refractivity contribution in [3.63, 3.8) is 0 Å². The Morgan fingerprint density at radius 2 is 0.790 bits per heavy atom. The number of aromatic nitrogens is 1. The van der Waals surface area contributed by atoms with Crippen LogP contribution < -0.4 is 28.7 Å². The summed E-state index contributed by atoms with van der Waals surface area (Å²) in [7, 11) is 0. The number of nitrogens with one attached hydrogen (secondary N) is 7. The highest BCUT2D eigenvalue weighted by molar-refractivity contribution is 6.01. The standard InChI is InChI=1S/C17H16N4.C17H18N4.C16H16N4/c1-10(18)13-6-7-14-9-15(21-16(14)8-13)11-2-4-12(5-3-11)17(19)20;1-11-10-15(17(20)21)9-8-13(11)5-2-12-3-6-14(7-4-12)16(18)19;17-15(18)13-7-3-11(4-8-13)1-2-12-5-9-14(10-6-12)16(19)20/h2-9,18,21H,1H3,(H3,19,20);2-10H,1H3,(H3,18,19)(H3,20,21);1-10H,(H3,17,18)(H3,19,20)/b;5-2+;2-1+. The molecule has 0 saturated heterocycles. The molecule has 310 valence electrons. The highest BCUT2D eigenvalue weighted by Crippen LogP contribution is 2.25. The summed E-state index contributed by atoms with van der Waals surface area (Å²) >= 11 is 0. The Morgan fingerprint density at radius 1 is 0.419 bits per heavy atom. The second kappa shape index (κ2) is 20.4. The first-order chi connectivity index (χ1) is 29.6. The van der Waals surface area contributed by atoms with E-state index < -0.39 is 0 Å². The van der Waals surface area contributed by atoms with Crippen LogP contribution >= 0.6 is 0 Å². The Morgan fingerprint density at radius 3 is 1.18 bits per heavy atom. The van der Waals surface area contributed by atoms with E-state index in [1.807, 2.05) is 165 Å². The molecule has 0 radical (unpaired) electrons. The molecule has 0 amide bonds. The molecule has 7 aromatic rings. The normalized spacial score (nSPS) is 10.7. The highest BCUT2D eigenvalue weighted by Gasteiger charge is 2.06. The second-order valence-electron chi connectivity index (χ2n) is 14.4. The average Bonchev–Trinajstić information content (AvgIpc) is 3.70. The monoisotopic (exact) mass is 818 g/mol. The van der Waals surface area contributed by atoms with Gasteiger partial charge in [-0.2, -0.15) is 0 Å². The number of hydrogen-bond donors (Lipinski definition) is 12. The molecule has 6 aromatic carbocycles. The van der Waals surface area contributed by atoms with E-state index in [1.165, 1.54) is 0 Å². The molecule has 12 heteroatoms. The SMILES string of the molecule is CC(=N)c1ccc2cc(-c3ccc(C(=N)N)cc3)[nH]c2c1.Cc1cc(C(=N)N)ccc1/C=C/c1ccc(C(=N)N)cc1.N=C(N)c1ccc(/C=C/c2ccc(C(=N)N)cc2)cc1. The lowest BCUT2D eigenvalue weighted by Crippen LogP contribution is -2.11. The fraction of sp³-hybridized carbons (Fsp3) is 0.0400. The van der Waals surface area contributed by atoms with Crippen molar-refractivity contribution in [3.8, 4) is 11.3 Å². The predicted molar refractivity (Wildman–Crippen MR) is 260 cm³/mol. The number of fused-ring (bicyclic) bond motifs is 1. The summed E-state index contributed by atoms with van der Waals surface area (Å²) in [6, 6.07) is 43.8. The minimum atomic E-state index is 0.0698. The van der Waals surface area contributed by atoms with Gasteiger partial charge in [0.1, 0.15) is 29.2 Å². The summed E-state index contributed by atoms with van der Waals surface area (Å²) in [5, 5.41) is 45.7. The third-order valence-electron chi connectivity index (χ3n) is 9.73. The third kappa shape index (κ3) is 12.2. The number of amidine groups is 5. The number of H-pyrrole nitrogens is 1. The first-order valence-electron chi connectivity index (χ1n) is 19.4. The van der Waals surface area contributed by atoms with E-state index in [0.29, 0.717) is 22.4 Å². The summed E-state index contributed by atoms with van der Waals surface area (Å²) in [4.78, 5) is 3.37. The van der Waals surface area contributed by atoms with Crippen LogP contribution in [-0.2, 0) is 0 Å². The van der Waals surface area contributed by atoms with E-state index >= 15 is 0 Å². The van der Waals surface area contributed by atoms with E-state index in [-0.39, 0.29) is 29.2 Å². The van der Waals surface area contributed by atoms with Crippen LogP contribution in [0.2, 0.25) is 0 Å². The van der Waals surface area contributed by atoms with Gasteiger partial charge in [0.05, 0.1) is 0 Å². The second-order valence-corrected chi connectivity index (χ2v) is 14.4. The zero-order valence-electron chi connectivity index (χ0n) is 34.5. The molecule has 0 unspecified atom stereocenters. The summed E-state index contributed by atoms with van der Waals surface area (Å²) in [6.45, 7) is 3.77. The Kier molecular flexibility index (Phi) is 14.6. The largest absolute Gasteiger partial charge is 0.384 e. The maximum Gasteiger partial charge on any atom is 0.122 e. The Balaban J connectivity index is 0.000000176. The molecule has 0 aliphatic carbocycles. The summed E-state index contributed by atoms with van der Waals surface area (Å²) in [5.41, 5.74) is 40.6. The Bertz CT molecular complexity index is 2770. The fourth-order valence-corrected chi connectivity index (χ4v) is 6.08. The van der Waals surface area contributed by atoms with Crippen LogP contribution in [0.25, 0.3) is 46.5 Å². The number of nitrogens with two attached hydrogens (primary N) is 5. The number of aromatic amines is 1. The topological polar surface area (TPSA) is 289 Å². The zero-order valence-corrected chi connectivity index (χ0v) is 34.5. The fourth-order valence-electron chi connectivity index (χ4n) is 6.08. The lowest BCUT2D eigenvalue weighted by Gasteiger charge is -2.04. The first kappa shape index (κ1) is 44.5. The van der Waals surface area contributed by atoms with Crippen molar-refractivity contribution in [1.82, 2.24) is 4.98 Å². The molecule has 7 rings (SSSR count). The van der Waals surface area contributed by atoms with Crippen LogP contribution in [0.4, 0.5) is 0 Å². The van der Waals surface area contributed by atoms with Crippen LogP contribution in [-0.4, -0.2) is 39.9 Å². The van der Waals surface area contributed by atoms with E-state index in [1.54, 1.807) is 6.92 Å². The van der Waals surface area contributed by atoms with Crippen LogP contribution in [0, 0.1) is 39.4 Å². The molecule has 62 heavy (non-hydrogen) atoms. The molecule has 0 spiro atoms. The number of aryl methyl sites for hydroxylation is 1. The van der Waals surface area contributed by atoms with Gasteiger partial charge >= 0.3 is 0 Å². The molecule has 0 aliphatic rings. The summed E-state index contributed by atoms with van der Waals surface area (Å²) < 4.78 is 0. The minimum Gasteiger partial charge on any atom is -0.384 e. The first-order valence-corrected chi connectivity index (χ1v) is 19.4. The molecule has 17 N–H and O–H groups in total. The Labute approximate surface area is 360 Å². The molecule has 1 heterocycles. The van der Waals surface area contributed by atoms with Crippen molar-refractivity contribution < 1.29 is 0 Å². The molecular weight excluding hydrogens is 769 g/mol. The number of rotatable bonds is 11. The van der Waals surface area contributed by atoms with Crippen LogP contribution in [0.5, 0.6) is 0 Å². The van der Waals surface area contributed by atoms with E-state index in [4.69, 9.17) is 61.1 Å². The predicted octanol–water partition coefficient (Wildman–Crippen LogP) is 8.67. The smallest absolute Gasteiger partial charge is 0.122 e. The van der Waals surface area contributed by atoms with Gasteiger partial charge in [-0.25, -0.2) is 0 Å². The van der Waals surface area contributed by atoms with Crippen molar-refractivity contribution in [3.05, 3.63) is 201 Å². The van der Waals surface area contributed by atoms with Crippen molar-refractivity contribution >= 4 is 70.1 Å². The van der Waals surface area contributed by atoms with Crippen molar-refractivity contribution in [2.75, 3.05) is 0 Å².